The SMILES string of the molecule is CCCCC/C=C\C/C=C\C/C=C\CCCCCCCCC(=O)OC(COCCCCCCCC)COP(=O)(O)OCC[N+](C)(C)C. The number of esters is 1. The van der Waals surface area contributed by atoms with Gasteiger partial charge in [-0.1, -0.05) is 121 Å². The van der Waals surface area contributed by atoms with Crippen molar-refractivity contribution in [3.05, 3.63) is 36.5 Å². The van der Waals surface area contributed by atoms with Crippen molar-refractivity contribution in [3.8, 4) is 0 Å². The first-order chi connectivity index (χ1) is 22.6. The van der Waals surface area contributed by atoms with Crippen LogP contribution < -0.4 is 0 Å². The van der Waals surface area contributed by atoms with Crippen LogP contribution in [0.2, 0.25) is 0 Å². The standard InChI is InChI=1S/C38H72NO7P/c1-6-8-10-12-14-15-16-17-18-19-20-21-22-23-24-25-26-27-29-31-38(40)46-37(35-43-33-30-28-13-11-9-7-2)36-45-47(41,42)44-34-32-39(3,4)5/h14-15,17-18,20-21,37H,6-13,16,19,22-36H2,1-5H3/p+1/b15-14-,18-17-,21-20-. The van der Waals surface area contributed by atoms with Gasteiger partial charge in [-0.3, -0.25) is 13.8 Å². The largest absolute Gasteiger partial charge is 0.472 e. The Labute approximate surface area is 289 Å². The van der Waals surface area contributed by atoms with Crippen molar-refractivity contribution in [1.29, 1.82) is 0 Å². The van der Waals surface area contributed by atoms with E-state index in [2.05, 4.69) is 50.3 Å². The van der Waals surface area contributed by atoms with Crippen LogP contribution in [0.1, 0.15) is 142 Å². The van der Waals surface area contributed by atoms with Crippen LogP contribution in [0.3, 0.4) is 0 Å². The summed E-state index contributed by atoms with van der Waals surface area (Å²) in [7, 11) is 1.65. The Morgan fingerprint density at radius 3 is 1.79 bits per heavy atom. The topological polar surface area (TPSA) is 91.3 Å². The van der Waals surface area contributed by atoms with Gasteiger partial charge in [0.05, 0.1) is 34.4 Å². The molecule has 0 aromatic carbocycles. The number of likely N-dealkylation sites (N-methyl/N-ethyl adjacent to an activating group) is 1. The molecule has 0 aliphatic carbocycles. The van der Waals surface area contributed by atoms with Crippen molar-refractivity contribution in [2.24, 2.45) is 0 Å². The molecule has 2 atom stereocenters. The lowest BCUT2D eigenvalue weighted by Crippen LogP contribution is -2.37. The molecule has 0 spiro atoms. The molecule has 0 aromatic rings. The summed E-state index contributed by atoms with van der Waals surface area (Å²) in [6.07, 6.45) is 34.7. The van der Waals surface area contributed by atoms with E-state index in [1.165, 1.54) is 64.2 Å². The van der Waals surface area contributed by atoms with Gasteiger partial charge in [-0.15, -0.1) is 0 Å². The molecule has 9 heteroatoms. The van der Waals surface area contributed by atoms with E-state index in [0.717, 1.165) is 57.8 Å². The average Bonchev–Trinajstić information content (AvgIpc) is 3.01. The van der Waals surface area contributed by atoms with Gasteiger partial charge in [-0.25, -0.2) is 4.57 Å². The number of allylic oxidation sites excluding steroid dienone is 6. The molecule has 0 bridgehead atoms. The van der Waals surface area contributed by atoms with Crippen molar-refractivity contribution in [2.75, 3.05) is 54.1 Å². The Bertz CT molecular complexity index is 853. The fraction of sp³-hybridized carbons (Fsp3) is 0.816. The van der Waals surface area contributed by atoms with Crippen molar-refractivity contribution in [2.45, 2.75) is 148 Å². The van der Waals surface area contributed by atoms with Crippen LogP contribution in [0, 0.1) is 0 Å². The van der Waals surface area contributed by atoms with Gasteiger partial charge >= 0.3 is 13.8 Å². The third-order valence-corrected chi connectivity index (χ3v) is 8.69. The number of ether oxygens (including phenoxy) is 2. The number of nitrogens with zero attached hydrogens (tertiary/aromatic N) is 1. The van der Waals surface area contributed by atoms with Crippen LogP contribution in [-0.2, 0) is 27.9 Å². The minimum Gasteiger partial charge on any atom is -0.457 e. The van der Waals surface area contributed by atoms with Gasteiger partial charge in [-0.05, 0) is 51.4 Å². The first-order valence-electron chi connectivity index (χ1n) is 18.7. The summed E-state index contributed by atoms with van der Waals surface area (Å²) in [5.41, 5.74) is 0. The average molecular weight is 687 g/mol. The number of quaternary nitrogens is 1. The fourth-order valence-corrected chi connectivity index (χ4v) is 5.47. The Balaban J connectivity index is 4.20. The van der Waals surface area contributed by atoms with E-state index < -0.39 is 13.9 Å². The lowest BCUT2D eigenvalue weighted by molar-refractivity contribution is -0.870. The molecule has 0 aliphatic heterocycles. The van der Waals surface area contributed by atoms with Gasteiger partial charge in [0, 0.05) is 13.0 Å². The highest BCUT2D eigenvalue weighted by Crippen LogP contribution is 2.43. The van der Waals surface area contributed by atoms with Gasteiger partial charge in [-0.2, -0.15) is 0 Å². The van der Waals surface area contributed by atoms with Crippen LogP contribution in [0.25, 0.3) is 0 Å². The van der Waals surface area contributed by atoms with Crippen molar-refractivity contribution < 1.29 is 37.3 Å². The number of carbonyl (C=O) groups is 1. The molecule has 0 radical (unpaired) electrons. The monoisotopic (exact) mass is 687 g/mol. The van der Waals surface area contributed by atoms with Crippen LogP contribution in [0.15, 0.2) is 36.5 Å². The van der Waals surface area contributed by atoms with E-state index in [-0.39, 0.29) is 25.8 Å². The molecular formula is C38H73NO7P+. The van der Waals surface area contributed by atoms with Crippen molar-refractivity contribution in [1.82, 2.24) is 0 Å². The molecule has 1 N–H and O–H groups in total. The minimum absolute atomic E-state index is 0.0855. The lowest BCUT2D eigenvalue weighted by Gasteiger charge is -2.24. The molecule has 276 valence electrons. The lowest BCUT2D eigenvalue weighted by atomic mass is 10.1. The zero-order valence-corrected chi connectivity index (χ0v) is 31.9. The van der Waals surface area contributed by atoms with Crippen LogP contribution in [0.5, 0.6) is 0 Å². The molecule has 2 unspecified atom stereocenters. The number of phosphoric ester groups is 1. The first kappa shape index (κ1) is 45.7. The van der Waals surface area contributed by atoms with E-state index in [9.17, 15) is 14.3 Å². The second-order valence-electron chi connectivity index (χ2n) is 13.6. The number of rotatable bonds is 34. The van der Waals surface area contributed by atoms with E-state index in [1.54, 1.807) is 0 Å². The second-order valence-corrected chi connectivity index (χ2v) is 15.1. The highest BCUT2D eigenvalue weighted by molar-refractivity contribution is 7.47. The molecule has 0 amide bonds. The Morgan fingerprint density at radius 2 is 1.17 bits per heavy atom. The van der Waals surface area contributed by atoms with Crippen molar-refractivity contribution in [3.63, 3.8) is 0 Å². The maximum atomic E-state index is 12.6. The molecule has 0 rings (SSSR count). The molecule has 0 aromatic heterocycles. The molecule has 0 fully saturated rings. The molecule has 0 aliphatic rings. The summed E-state index contributed by atoms with van der Waals surface area (Å²) in [5.74, 6) is -0.331. The Morgan fingerprint density at radius 1 is 0.660 bits per heavy atom. The van der Waals surface area contributed by atoms with Gasteiger partial charge in [0.15, 0.2) is 0 Å². The van der Waals surface area contributed by atoms with Gasteiger partial charge in [0.25, 0.3) is 0 Å². The summed E-state index contributed by atoms with van der Waals surface area (Å²) >= 11 is 0. The zero-order chi connectivity index (χ0) is 34.9. The van der Waals surface area contributed by atoms with Gasteiger partial charge < -0.3 is 18.9 Å². The third-order valence-electron chi connectivity index (χ3n) is 7.70. The fourth-order valence-electron chi connectivity index (χ4n) is 4.73. The Hall–Kier alpha value is -1.28. The molecule has 47 heavy (non-hydrogen) atoms. The summed E-state index contributed by atoms with van der Waals surface area (Å²) in [6, 6.07) is 0. The summed E-state index contributed by atoms with van der Waals surface area (Å²) in [6.45, 7) is 5.51. The molecule has 8 nitrogen and oxygen atoms in total. The summed E-state index contributed by atoms with van der Waals surface area (Å²) < 4.78 is 34.6. The van der Waals surface area contributed by atoms with Crippen LogP contribution in [0.4, 0.5) is 0 Å². The van der Waals surface area contributed by atoms with Crippen LogP contribution >= 0.6 is 7.82 Å². The van der Waals surface area contributed by atoms with E-state index in [4.69, 9.17) is 18.5 Å². The molecule has 0 saturated heterocycles. The Kier molecular flexibility index (Phi) is 31.1. The molecular weight excluding hydrogens is 613 g/mol. The van der Waals surface area contributed by atoms with Crippen molar-refractivity contribution >= 4 is 13.8 Å². The van der Waals surface area contributed by atoms with Crippen LogP contribution in [-0.4, -0.2) is 75.6 Å². The second kappa shape index (κ2) is 32.0. The smallest absolute Gasteiger partial charge is 0.457 e. The highest BCUT2D eigenvalue weighted by atomic mass is 31.2. The maximum Gasteiger partial charge on any atom is 0.472 e. The minimum atomic E-state index is -4.26. The quantitative estimate of drug-likeness (QED) is 0.0237. The van der Waals surface area contributed by atoms with Gasteiger partial charge in [0.1, 0.15) is 19.3 Å². The molecule has 0 heterocycles. The number of hydrogen-bond donors (Lipinski definition) is 1. The summed E-state index contributed by atoms with van der Waals surface area (Å²) in [5, 5.41) is 0. The third kappa shape index (κ3) is 35.8. The number of hydrogen-bond acceptors (Lipinski definition) is 6. The predicted octanol–water partition coefficient (Wildman–Crippen LogP) is 10.3. The normalized spacial score (nSPS) is 14.4. The summed E-state index contributed by atoms with van der Waals surface area (Å²) in [4.78, 5) is 22.7. The predicted molar refractivity (Wildman–Crippen MR) is 196 cm³/mol. The van der Waals surface area contributed by atoms with Gasteiger partial charge in [0.2, 0.25) is 0 Å². The molecule has 0 saturated carbocycles. The maximum absolute atomic E-state index is 12.6. The number of unbranched alkanes of at least 4 members (excludes halogenated alkanes) is 14. The number of carbonyl (C=O) groups excluding carboxylic acids is 1. The first-order valence-corrected chi connectivity index (χ1v) is 20.2. The van der Waals surface area contributed by atoms with E-state index in [0.29, 0.717) is 24.1 Å². The number of phosphoric acid groups is 1. The van der Waals surface area contributed by atoms with E-state index >= 15 is 0 Å². The van der Waals surface area contributed by atoms with E-state index in [1.807, 2.05) is 21.1 Å². The highest BCUT2D eigenvalue weighted by Gasteiger charge is 2.26. The zero-order valence-electron chi connectivity index (χ0n) is 31.0.